The normalized spacial score (nSPS) is 12.2. The monoisotopic (exact) mass is 615 g/mol. The lowest BCUT2D eigenvalue weighted by Crippen LogP contribution is -2.19. The minimum absolute atomic E-state index is 0.180. The molecule has 0 spiro atoms. The number of benzene rings is 4. The molecule has 0 saturated heterocycles. The van der Waals surface area contributed by atoms with Crippen molar-refractivity contribution in [2.45, 2.75) is 6.54 Å². The molecule has 1 aliphatic rings. The van der Waals surface area contributed by atoms with Gasteiger partial charge in [0.1, 0.15) is 17.2 Å². The summed E-state index contributed by atoms with van der Waals surface area (Å²) in [7, 11) is 3.28. The van der Waals surface area contributed by atoms with Gasteiger partial charge in [-0.15, -0.1) is 0 Å². The Hall–Kier alpha value is -4.88. The molecule has 0 atom stereocenters. The Morgan fingerprint density at radius 2 is 1.64 bits per heavy atom. The van der Waals surface area contributed by atoms with E-state index in [9.17, 15) is 5.11 Å². The molecule has 2 aromatic heterocycles. The maximum absolute atomic E-state index is 11.6. The number of nitrogens with zero attached hydrogens (tertiary/aromatic N) is 3. The summed E-state index contributed by atoms with van der Waals surface area (Å²) in [4.78, 5) is 10.1. The molecule has 4 aromatic carbocycles. The summed E-state index contributed by atoms with van der Waals surface area (Å²) in [6, 6.07) is 32.0. The van der Waals surface area contributed by atoms with E-state index in [0.29, 0.717) is 34.7 Å². The van der Waals surface area contributed by atoms with E-state index in [1.165, 1.54) is 0 Å². The topological polar surface area (TPSA) is 68.9 Å². The van der Waals surface area contributed by atoms with E-state index in [-0.39, 0.29) is 5.88 Å². The molecule has 6 aromatic rings. The lowest BCUT2D eigenvalue weighted by molar-refractivity contribution is 0.404. The van der Waals surface area contributed by atoms with Crippen molar-refractivity contribution < 1.29 is 14.6 Å². The molecular weight excluding hydrogens is 590 g/mol. The molecule has 6 nitrogen and oxygen atoms in total. The standard InChI is InChI=1S/C35H26BrN3O3/c1-41-24-13-15-32(42-2)29(19-24)34-33-27(25-10-6-7-11-30(25)38-33)17-23(37-34)18-28-26-16-22(36)12-14-31(26)39(35(28)40)20-21-8-4-3-5-9-21/h3-19,40H,20H2,1-2H3/b23-18-. The lowest BCUT2D eigenvalue weighted by Gasteiger charge is -2.11. The Balaban J connectivity index is 1.51. The quantitative estimate of drug-likeness (QED) is 0.219. The van der Waals surface area contributed by atoms with Crippen molar-refractivity contribution in [3.8, 4) is 39.8 Å². The number of ether oxygens (including phenoxy) is 2. The molecule has 0 amide bonds. The van der Waals surface area contributed by atoms with Gasteiger partial charge in [0.2, 0.25) is 0 Å². The summed E-state index contributed by atoms with van der Waals surface area (Å²) in [5.41, 5.74) is 7.08. The summed E-state index contributed by atoms with van der Waals surface area (Å²) in [6.07, 6.45) is 1.95. The van der Waals surface area contributed by atoms with Gasteiger partial charge in [-0.2, -0.15) is 0 Å². The molecule has 7 rings (SSSR count). The Morgan fingerprint density at radius 3 is 2.45 bits per heavy atom. The number of aromatic hydroxyl groups is 1. The van der Waals surface area contributed by atoms with Gasteiger partial charge in [-0.1, -0.05) is 64.5 Å². The molecule has 1 N–H and O–H groups in total. The molecule has 0 bridgehead atoms. The Morgan fingerprint density at radius 1 is 0.833 bits per heavy atom. The van der Waals surface area contributed by atoms with E-state index in [0.717, 1.165) is 48.7 Å². The van der Waals surface area contributed by atoms with Crippen LogP contribution in [0.2, 0.25) is 0 Å². The second-order valence-corrected chi connectivity index (χ2v) is 11.0. The van der Waals surface area contributed by atoms with Crippen molar-refractivity contribution in [1.82, 2.24) is 9.55 Å². The Kier molecular flexibility index (Phi) is 6.52. The average molecular weight is 617 g/mol. The van der Waals surface area contributed by atoms with E-state index < -0.39 is 0 Å². The van der Waals surface area contributed by atoms with Gasteiger partial charge in [-0.25, -0.2) is 9.98 Å². The Labute approximate surface area is 251 Å². The van der Waals surface area contributed by atoms with Gasteiger partial charge in [-0.05, 0) is 60.2 Å². The van der Waals surface area contributed by atoms with E-state index >= 15 is 0 Å². The number of rotatable bonds is 6. The van der Waals surface area contributed by atoms with Crippen LogP contribution in [0.25, 0.3) is 39.4 Å². The first kappa shape index (κ1) is 26.0. The van der Waals surface area contributed by atoms with Crippen molar-refractivity contribution in [2.24, 2.45) is 4.99 Å². The first-order chi connectivity index (χ1) is 20.5. The molecule has 0 radical (unpaired) electrons. The summed E-state index contributed by atoms with van der Waals surface area (Å²) in [5.74, 6) is 1.54. The van der Waals surface area contributed by atoms with Crippen LogP contribution in [0.1, 0.15) is 11.1 Å². The lowest BCUT2D eigenvalue weighted by atomic mass is 10.0. The zero-order valence-corrected chi connectivity index (χ0v) is 24.6. The van der Waals surface area contributed by atoms with Gasteiger partial charge >= 0.3 is 0 Å². The van der Waals surface area contributed by atoms with Gasteiger partial charge in [0.05, 0.1) is 42.7 Å². The average Bonchev–Trinajstić information content (AvgIpc) is 3.51. The van der Waals surface area contributed by atoms with Crippen molar-refractivity contribution in [1.29, 1.82) is 0 Å². The van der Waals surface area contributed by atoms with Gasteiger partial charge < -0.3 is 19.1 Å². The fourth-order valence-corrected chi connectivity index (χ4v) is 5.97. The third-order valence-electron chi connectivity index (χ3n) is 7.61. The summed E-state index contributed by atoms with van der Waals surface area (Å²) >= 11 is 3.62. The van der Waals surface area contributed by atoms with Crippen molar-refractivity contribution in [3.05, 3.63) is 123 Å². The summed E-state index contributed by atoms with van der Waals surface area (Å²) in [5, 5.41) is 14.0. The molecule has 7 heteroatoms. The highest BCUT2D eigenvalue weighted by Crippen LogP contribution is 2.37. The first-order valence-electron chi connectivity index (χ1n) is 13.5. The summed E-state index contributed by atoms with van der Waals surface area (Å²) < 4.78 is 14.2. The highest BCUT2D eigenvalue weighted by Gasteiger charge is 2.22. The van der Waals surface area contributed by atoms with Crippen LogP contribution in [0.4, 0.5) is 5.69 Å². The molecule has 42 heavy (non-hydrogen) atoms. The number of hydrogen-bond acceptors (Lipinski definition) is 5. The van der Waals surface area contributed by atoms with E-state index in [1.807, 2.05) is 89.5 Å². The zero-order valence-electron chi connectivity index (χ0n) is 23.0. The molecular formula is C35H26BrN3O3. The number of fused-ring (bicyclic) bond motifs is 4. The smallest absolute Gasteiger partial charge is 0.199 e. The predicted molar refractivity (Wildman–Crippen MR) is 169 cm³/mol. The van der Waals surface area contributed by atoms with E-state index in [4.69, 9.17) is 19.5 Å². The van der Waals surface area contributed by atoms with Crippen LogP contribution in [0, 0.1) is 0 Å². The summed E-state index contributed by atoms with van der Waals surface area (Å²) in [6.45, 7) is 0.536. The third kappa shape index (κ3) is 4.43. The van der Waals surface area contributed by atoms with Crippen molar-refractivity contribution >= 4 is 38.6 Å². The van der Waals surface area contributed by atoms with Crippen molar-refractivity contribution in [2.75, 3.05) is 14.2 Å². The first-order valence-corrected chi connectivity index (χ1v) is 14.3. The van der Waals surface area contributed by atoms with E-state index in [1.54, 1.807) is 14.2 Å². The minimum atomic E-state index is 0.180. The highest BCUT2D eigenvalue weighted by molar-refractivity contribution is 9.10. The van der Waals surface area contributed by atoms with Crippen LogP contribution >= 0.6 is 15.9 Å². The Bertz CT molecular complexity index is 2120. The van der Waals surface area contributed by atoms with Crippen molar-refractivity contribution in [3.63, 3.8) is 0 Å². The fourth-order valence-electron chi connectivity index (χ4n) is 5.61. The van der Waals surface area contributed by atoms with Crippen LogP contribution in [0.5, 0.6) is 17.4 Å². The van der Waals surface area contributed by atoms with Crippen LogP contribution in [-0.4, -0.2) is 28.9 Å². The van der Waals surface area contributed by atoms with Crippen LogP contribution < -0.4 is 20.2 Å². The number of halogens is 1. The highest BCUT2D eigenvalue weighted by atomic mass is 79.9. The zero-order chi connectivity index (χ0) is 28.8. The SMILES string of the molecule is COc1ccc(OC)c(-c2n/c(=C\c3c(O)n(Cc4ccccc4)c4ccc(Br)cc34)cc3c2=Nc2ccccc2-3)c1. The third-order valence-corrected chi connectivity index (χ3v) is 8.11. The number of methoxy groups -OCH3 is 2. The molecule has 1 aliphatic heterocycles. The maximum Gasteiger partial charge on any atom is 0.199 e. The minimum Gasteiger partial charge on any atom is -0.497 e. The van der Waals surface area contributed by atoms with Crippen LogP contribution in [0.3, 0.4) is 0 Å². The van der Waals surface area contributed by atoms with E-state index in [2.05, 4.69) is 34.1 Å². The van der Waals surface area contributed by atoms with Crippen LogP contribution in [0.15, 0.2) is 107 Å². The molecule has 0 fully saturated rings. The molecule has 3 heterocycles. The van der Waals surface area contributed by atoms with Gasteiger partial charge in [0.15, 0.2) is 5.88 Å². The fraction of sp³-hybridized carbons (Fsp3) is 0.0857. The van der Waals surface area contributed by atoms with Gasteiger partial charge in [0.25, 0.3) is 0 Å². The number of aromatic nitrogens is 2. The molecule has 0 saturated carbocycles. The van der Waals surface area contributed by atoms with Gasteiger partial charge in [0, 0.05) is 32.1 Å². The molecule has 206 valence electrons. The second kappa shape index (κ2) is 10.5. The number of para-hydroxylation sites is 1. The predicted octanol–water partition coefficient (Wildman–Crippen LogP) is 7.00. The molecule has 0 aliphatic carbocycles. The largest absolute Gasteiger partial charge is 0.497 e. The second-order valence-electron chi connectivity index (χ2n) is 10.1. The number of hydrogen-bond donors (Lipinski definition) is 1. The maximum atomic E-state index is 11.6. The van der Waals surface area contributed by atoms with Gasteiger partial charge in [-0.3, -0.25) is 0 Å². The molecule has 0 unspecified atom stereocenters. The number of pyridine rings is 1. The van der Waals surface area contributed by atoms with Crippen LogP contribution in [-0.2, 0) is 6.54 Å².